The van der Waals surface area contributed by atoms with Crippen molar-refractivity contribution >= 4 is 11.7 Å². The predicted octanol–water partition coefficient (Wildman–Crippen LogP) is 5.79. The van der Waals surface area contributed by atoms with Gasteiger partial charge in [-0.2, -0.15) is 39.5 Å². The lowest BCUT2D eigenvalue weighted by molar-refractivity contribution is -0.290. The van der Waals surface area contributed by atoms with Crippen molar-refractivity contribution in [2.45, 2.75) is 63.7 Å². The molecule has 39 heavy (non-hydrogen) atoms. The zero-order valence-electron chi connectivity index (χ0n) is 21.2. The number of hydrogen-bond donors (Lipinski definition) is 1. The molecule has 3 aliphatic rings. The van der Waals surface area contributed by atoms with Crippen molar-refractivity contribution in [1.29, 1.82) is 0 Å². The van der Waals surface area contributed by atoms with E-state index >= 15 is 0 Å². The first-order valence-electron chi connectivity index (χ1n) is 12.6. The molecule has 1 unspecified atom stereocenters. The van der Waals surface area contributed by atoms with Crippen LogP contribution in [0.5, 0.6) is 0 Å². The van der Waals surface area contributed by atoms with Gasteiger partial charge in [-0.05, 0) is 81.4 Å². The summed E-state index contributed by atoms with van der Waals surface area (Å²) in [6.07, 6.45) is -14.5. The highest BCUT2D eigenvalue weighted by atomic mass is 19.4. The lowest BCUT2D eigenvalue weighted by Crippen LogP contribution is -2.58. The standard InChI is InChI=1S/C25H30F9N3O2/c1-21(20(38)39)2-7-37(14-21)18-11-16(10-17(12-18)23(26,27)28)13-35-6-3-22(15-35)4-8-36(9-5-22)19(24(29,30)31)25(32,33)34/h10-12,19H,2-9,13-15H2,1H3,(H,38,39). The maximum atomic E-state index is 13.7. The largest absolute Gasteiger partial charge is 0.481 e. The quantitative estimate of drug-likeness (QED) is 0.451. The van der Waals surface area contributed by atoms with Crippen molar-refractivity contribution in [2.24, 2.45) is 10.8 Å². The second-order valence-corrected chi connectivity index (χ2v) is 11.4. The molecular formula is C25H30F9N3O2. The fourth-order valence-corrected chi connectivity index (χ4v) is 6.15. The summed E-state index contributed by atoms with van der Waals surface area (Å²) in [5.41, 5.74) is -1.83. The van der Waals surface area contributed by atoms with Crippen molar-refractivity contribution in [3.8, 4) is 0 Å². The van der Waals surface area contributed by atoms with Gasteiger partial charge in [0.2, 0.25) is 6.04 Å². The summed E-state index contributed by atoms with van der Waals surface area (Å²) >= 11 is 0. The van der Waals surface area contributed by atoms with Crippen molar-refractivity contribution < 1.29 is 49.4 Å². The molecule has 1 atom stereocenters. The number of aliphatic carboxylic acids is 1. The Morgan fingerprint density at radius 3 is 1.97 bits per heavy atom. The molecule has 3 aliphatic heterocycles. The number of carbonyl (C=O) groups is 1. The highest BCUT2D eigenvalue weighted by Crippen LogP contribution is 2.45. The molecule has 0 aromatic heterocycles. The summed E-state index contributed by atoms with van der Waals surface area (Å²) in [5, 5.41) is 9.48. The molecule has 0 saturated carbocycles. The Bertz CT molecular complexity index is 1050. The Hall–Kier alpha value is -2.22. The Morgan fingerprint density at radius 1 is 0.872 bits per heavy atom. The number of alkyl halides is 9. The fraction of sp³-hybridized carbons (Fsp3) is 0.720. The van der Waals surface area contributed by atoms with Crippen LogP contribution in [0, 0.1) is 10.8 Å². The van der Waals surface area contributed by atoms with E-state index in [4.69, 9.17) is 0 Å². The molecule has 14 heteroatoms. The first kappa shape index (κ1) is 29.8. The van der Waals surface area contributed by atoms with Crippen LogP contribution in [-0.4, -0.2) is 78.5 Å². The highest BCUT2D eigenvalue weighted by Gasteiger charge is 2.60. The van der Waals surface area contributed by atoms with E-state index < -0.39 is 46.9 Å². The van der Waals surface area contributed by atoms with Crippen molar-refractivity contribution in [3.05, 3.63) is 29.3 Å². The van der Waals surface area contributed by atoms with Gasteiger partial charge >= 0.3 is 24.5 Å². The molecule has 220 valence electrons. The number of benzene rings is 1. The maximum Gasteiger partial charge on any atom is 0.416 e. The summed E-state index contributed by atoms with van der Waals surface area (Å²) in [6, 6.07) is 0.0989. The molecule has 1 aromatic carbocycles. The third-order valence-corrected chi connectivity index (χ3v) is 8.43. The number of rotatable bonds is 5. The number of hydrogen-bond acceptors (Lipinski definition) is 4. The summed E-state index contributed by atoms with van der Waals surface area (Å²) in [4.78, 5) is 15.5. The lowest BCUT2D eigenvalue weighted by atomic mass is 9.77. The normalized spacial score (nSPS) is 25.3. The van der Waals surface area contributed by atoms with Crippen LogP contribution in [0.25, 0.3) is 0 Å². The summed E-state index contributed by atoms with van der Waals surface area (Å²) in [5.74, 6) is -1.03. The molecule has 0 aliphatic carbocycles. The van der Waals surface area contributed by atoms with E-state index in [0.29, 0.717) is 30.0 Å². The number of carboxylic acids is 1. The molecule has 5 nitrogen and oxygen atoms in total. The van der Waals surface area contributed by atoms with E-state index in [1.165, 1.54) is 0 Å². The Kier molecular flexibility index (Phi) is 7.63. The molecule has 3 saturated heterocycles. The molecule has 0 radical (unpaired) electrons. The van der Waals surface area contributed by atoms with Gasteiger partial charge in [-0.3, -0.25) is 14.6 Å². The third-order valence-electron chi connectivity index (χ3n) is 8.43. The van der Waals surface area contributed by atoms with Gasteiger partial charge in [0.1, 0.15) is 0 Å². The van der Waals surface area contributed by atoms with E-state index in [0.717, 1.165) is 12.1 Å². The number of piperidine rings is 1. The van der Waals surface area contributed by atoms with Crippen molar-refractivity contribution in [1.82, 2.24) is 9.80 Å². The Labute approximate surface area is 219 Å². The summed E-state index contributed by atoms with van der Waals surface area (Å²) in [6.45, 7) is 2.08. The number of nitrogens with zero attached hydrogens (tertiary/aromatic N) is 3. The second-order valence-electron chi connectivity index (χ2n) is 11.4. The van der Waals surface area contributed by atoms with E-state index in [2.05, 4.69) is 0 Å². The zero-order chi connectivity index (χ0) is 29.0. The lowest BCUT2D eigenvalue weighted by Gasteiger charge is -2.43. The van der Waals surface area contributed by atoms with Crippen LogP contribution in [-0.2, 0) is 17.5 Å². The second kappa shape index (κ2) is 10.0. The highest BCUT2D eigenvalue weighted by molar-refractivity contribution is 5.76. The van der Waals surface area contributed by atoms with Crippen LogP contribution in [0.4, 0.5) is 45.2 Å². The first-order chi connectivity index (χ1) is 17.8. The maximum absolute atomic E-state index is 13.7. The van der Waals surface area contributed by atoms with E-state index in [-0.39, 0.29) is 57.7 Å². The molecule has 1 spiro atoms. The fourth-order valence-electron chi connectivity index (χ4n) is 6.15. The zero-order valence-corrected chi connectivity index (χ0v) is 21.2. The van der Waals surface area contributed by atoms with Crippen molar-refractivity contribution in [3.63, 3.8) is 0 Å². The molecule has 0 amide bonds. The van der Waals surface area contributed by atoms with E-state index in [9.17, 15) is 49.4 Å². The van der Waals surface area contributed by atoms with Gasteiger partial charge in [-0.15, -0.1) is 0 Å². The summed E-state index contributed by atoms with van der Waals surface area (Å²) in [7, 11) is 0. The Balaban J connectivity index is 1.46. The van der Waals surface area contributed by atoms with Gasteiger partial charge in [0, 0.05) is 31.9 Å². The smallest absolute Gasteiger partial charge is 0.416 e. The van der Waals surface area contributed by atoms with Gasteiger partial charge in [-0.1, -0.05) is 0 Å². The van der Waals surface area contributed by atoms with Crippen LogP contribution >= 0.6 is 0 Å². The third kappa shape index (κ3) is 6.41. The number of carboxylic acid groups (broad SMARTS) is 1. The van der Waals surface area contributed by atoms with Gasteiger partial charge in [0.25, 0.3) is 0 Å². The monoisotopic (exact) mass is 575 g/mol. The molecule has 3 heterocycles. The van der Waals surface area contributed by atoms with Crippen molar-refractivity contribution in [2.75, 3.05) is 44.2 Å². The van der Waals surface area contributed by atoms with Crippen LogP contribution in [0.1, 0.15) is 43.7 Å². The number of likely N-dealkylation sites (tertiary alicyclic amines) is 2. The molecule has 3 fully saturated rings. The van der Waals surface area contributed by atoms with E-state index in [1.54, 1.807) is 17.9 Å². The van der Waals surface area contributed by atoms with Gasteiger partial charge in [-0.25, -0.2) is 0 Å². The topological polar surface area (TPSA) is 47.0 Å². The molecule has 1 aromatic rings. The number of halogens is 9. The van der Waals surface area contributed by atoms with Crippen LogP contribution in [0.15, 0.2) is 18.2 Å². The van der Waals surface area contributed by atoms with Gasteiger partial charge in [0.05, 0.1) is 11.0 Å². The molecular weight excluding hydrogens is 545 g/mol. The molecule has 4 rings (SSSR count). The average Bonchev–Trinajstić information content (AvgIpc) is 3.37. The first-order valence-corrected chi connectivity index (χ1v) is 12.6. The number of anilines is 1. The SMILES string of the molecule is CC1(C(=O)O)CCN(c2cc(CN3CCC4(CCN(C(C(F)(F)F)C(F)(F)F)CC4)C3)cc(C(F)(F)F)c2)C1. The van der Waals surface area contributed by atoms with Crippen LogP contribution in [0.2, 0.25) is 0 Å². The van der Waals surface area contributed by atoms with Crippen LogP contribution < -0.4 is 4.90 Å². The average molecular weight is 576 g/mol. The molecule has 1 N–H and O–H groups in total. The summed E-state index contributed by atoms with van der Waals surface area (Å²) < 4.78 is 120. The molecule has 0 bridgehead atoms. The Morgan fingerprint density at radius 2 is 1.46 bits per heavy atom. The van der Waals surface area contributed by atoms with E-state index in [1.807, 2.05) is 4.90 Å². The minimum atomic E-state index is -5.44. The minimum Gasteiger partial charge on any atom is -0.481 e. The van der Waals surface area contributed by atoms with Gasteiger partial charge in [0.15, 0.2) is 0 Å². The minimum absolute atomic E-state index is 0.0588. The predicted molar refractivity (Wildman–Crippen MR) is 123 cm³/mol. The van der Waals surface area contributed by atoms with Crippen LogP contribution in [0.3, 0.4) is 0 Å². The van der Waals surface area contributed by atoms with Gasteiger partial charge < -0.3 is 10.0 Å².